The van der Waals surface area contributed by atoms with Crippen molar-refractivity contribution in [2.75, 3.05) is 6.54 Å². The number of hydrogen-bond acceptors (Lipinski definition) is 2. The van der Waals surface area contributed by atoms with Crippen molar-refractivity contribution in [1.82, 2.24) is 4.90 Å². The zero-order valence-electron chi connectivity index (χ0n) is 9.43. The predicted octanol–water partition coefficient (Wildman–Crippen LogP) is 1.56. The number of amides is 1. The Bertz CT molecular complexity index is 416. The fourth-order valence-electron chi connectivity index (χ4n) is 2.12. The van der Waals surface area contributed by atoms with Gasteiger partial charge in [0, 0.05) is 6.54 Å². The van der Waals surface area contributed by atoms with Crippen LogP contribution in [0.15, 0.2) is 24.3 Å². The SMILES string of the molecule is O=CC1CCCN1C(=O)Cc1ccc(F)cc1. The summed E-state index contributed by atoms with van der Waals surface area (Å²) >= 11 is 0. The molecule has 90 valence electrons. The quantitative estimate of drug-likeness (QED) is 0.745. The molecule has 1 amide bonds. The van der Waals surface area contributed by atoms with Gasteiger partial charge in [0.1, 0.15) is 12.1 Å². The Morgan fingerprint density at radius 3 is 2.76 bits per heavy atom. The third-order valence-corrected chi connectivity index (χ3v) is 3.05. The molecule has 1 fully saturated rings. The summed E-state index contributed by atoms with van der Waals surface area (Å²) in [5.74, 6) is -0.376. The topological polar surface area (TPSA) is 37.4 Å². The number of nitrogens with zero attached hydrogens (tertiary/aromatic N) is 1. The monoisotopic (exact) mass is 235 g/mol. The van der Waals surface area contributed by atoms with Crippen LogP contribution in [0.25, 0.3) is 0 Å². The van der Waals surface area contributed by atoms with Gasteiger partial charge in [-0.15, -0.1) is 0 Å². The molecule has 1 atom stereocenters. The third-order valence-electron chi connectivity index (χ3n) is 3.05. The Morgan fingerprint density at radius 1 is 1.41 bits per heavy atom. The van der Waals surface area contributed by atoms with E-state index in [1.165, 1.54) is 12.1 Å². The molecule has 1 aliphatic rings. The van der Waals surface area contributed by atoms with Crippen LogP contribution in [-0.4, -0.2) is 29.7 Å². The third kappa shape index (κ3) is 2.70. The maximum atomic E-state index is 12.7. The van der Waals surface area contributed by atoms with E-state index in [1.54, 1.807) is 17.0 Å². The highest BCUT2D eigenvalue weighted by Gasteiger charge is 2.27. The molecule has 0 saturated carbocycles. The second kappa shape index (κ2) is 5.08. The summed E-state index contributed by atoms with van der Waals surface area (Å²) in [5.41, 5.74) is 0.771. The highest BCUT2D eigenvalue weighted by Crippen LogP contribution is 2.17. The van der Waals surface area contributed by atoms with E-state index in [-0.39, 0.29) is 24.2 Å². The van der Waals surface area contributed by atoms with Crippen molar-refractivity contribution in [1.29, 1.82) is 0 Å². The van der Waals surface area contributed by atoms with E-state index >= 15 is 0 Å². The minimum atomic E-state index is -0.312. The molecule has 0 radical (unpaired) electrons. The first kappa shape index (κ1) is 11.8. The Hall–Kier alpha value is -1.71. The van der Waals surface area contributed by atoms with Crippen molar-refractivity contribution in [2.45, 2.75) is 25.3 Å². The van der Waals surface area contributed by atoms with Crippen molar-refractivity contribution in [2.24, 2.45) is 0 Å². The minimum absolute atomic E-state index is 0.0637. The molecule has 2 rings (SSSR count). The fraction of sp³-hybridized carbons (Fsp3) is 0.385. The van der Waals surface area contributed by atoms with Crippen molar-refractivity contribution in [3.8, 4) is 0 Å². The molecule has 3 nitrogen and oxygen atoms in total. The van der Waals surface area contributed by atoms with Gasteiger partial charge in [0.25, 0.3) is 0 Å². The maximum Gasteiger partial charge on any atom is 0.227 e. The van der Waals surface area contributed by atoms with Crippen LogP contribution in [0.4, 0.5) is 4.39 Å². The molecular formula is C13H14FNO2. The Balaban J connectivity index is 2.01. The highest BCUT2D eigenvalue weighted by molar-refractivity contribution is 5.82. The van der Waals surface area contributed by atoms with Crippen LogP contribution < -0.4 is 0 Å². The molecule has 0 aromatic heterocycles. The second-order valence-electron chi connectivity index (χ2n) is 4.24. The van der Waals surface area contributed by atoms with Crippen molar-refractivity contribution in [3.63, 3.8) is 0 Å². The summed E-state index contributed by atoms with van der Waals surface area (Å²) in [6, 6.07) is 5.59. The van der Waals surface area contributed by atoms with Crippen LogP contribution >= 0.6 is 0 Å². The number of rotatable bonds is 3. The molecule has 0 spiro atoms. The summed E-state index contributed by atoms with van der Waals surface area (Å²) in [5, 5.41) is 0. The molecule has 1 aromatic carbocycles. The van der Waals surface area contributed by atoms with Gasteiger partial charge < -0.3 is 9.69 Å². The van der Waals surface area contributed by atoms with Crippen molar-refractivity contribution >= 4 is 12.2 Å². The number of carbonyl (C=O) groups excluding carboxylic acids is 2. The lowest BCUT2D eigenvalue weighted by molar-refractivity contribution is -0.133. The smallest absolute Gasteiger partial charge is 0.227 e. The van der Waals surface area contributed by atoms with Gasteiger partial charge in [-0.25, -0.2) is 4.39 Å². The molecule has 17 heavy (non-hydrogen) atoms. The molecule has 1 saturated heterocycles. The molecule has 1 unspecified atom stereocenters. The number of carbonyl (C=O) groups is 2. The van der Waals surface area contributed by atoms with E-state index < -0.39 is 0 Å². The number of halogens is 1. The number of aldehydes is 1. The number of hydrogen-bond donors (Lipinski definition) is 0. The molecule has 4 heteroatoms. The summed E-state index contributed by atoms with van der Waals surface area (Å²) in [7, 11) is 0. The largest absolute Gasteiger partial charge is 0.333 e. The molecule has 0 N–H and O–H groups in total. The van der Waals surface area contributed by atoms with E-state index in [0.29, 0.717) is 6.54 Å². The van der Waals surface area contributed by atoms with Crippen LogP contribution in [0.5, 0.6) is 0 Å². The first-order valence-corrected chi connectivity index (χ1v) is 5.70. The first-order chi connectivity index (χ1) is 8.20. The average Bonchev–Trinajstić information content (AvgIpc) is 2.80. The van der Waals surface area contributed by atoms with Crippen molar-refractivity contribution in [3.05, 3.63) is 35.6 Å². The van der Waals surface area contributed by atoms with Crippen LogP contribution in [0.2, 0.25) is 0 Å². The van der Waals surface area contributed by atoms with E-state index in [2.05, 4.69) is 0 Å². The first-order valence-electron chi connectivity index (χ1n) is 5.70. The fourth-order valence-corrected chi connectivity index (χ4v) is 2.12. The molecule has 0 bridgehead atoms. The van der Waals surface area contributed by atoms with E-state index in [1.807, 2.05) is 0 Å². The van der Waals surface area contributed by atoms with Gasteiger partial charge in [-0.3, -0.25) is 4.79 Å². The van der Waals surface area contributed by atoms with Crippen LogP contribution in [0.1, 0.15) is 18.4 Å². The lowest BCUT2D eigenvalue weighted by Crippen LogP contribution is -2.37. The summed E-state index contributed by atoms with van der Waals surface area (Å²) < 4.78 is 12.7. The lowest BCUT2D eigenvalue weighted by Gasteiger charge is -2.20. The molecule has 1 aliphatic heterocycles. The maximum absolute atomic E-state index is 12.7. The summed E-state index contributed by atoms with van der Waals surface area (Å²) in [4.78, 5) is 24.3. The predicted molar refractivity (Wildman–Crippen MR) is 60.9 cm³/mol. The van der Waals surface area contributed by atoms with Crippen molar-refractivity contribution < 1.29 is 14.0 Å². The molecule has 1 aromatic rings. The van der Waals surface area contributed by atoms with Gasteiger partial charge in [-0.05, 0) is 30.5 Å². The number of likely N-dealkylation sites (tertiary alicyclic amines) is 1. The Kier molecular flexibility index (Phi) is 3.52. The zero-order chi connectivity index (χ0) is 12.3. The van der Waals surface area contributed by atoms with Crippen LogP contribution in [0, 0.1) is 5.82 Å². The normalized spacial score (nSPS) is 19.4. The standard InChI is InChI=1S/C13H14FNO2/c14-11-5-3-10(4-6-11)8-13(17)15-7-1-2-12(15)9-16/h3-6,9,12H,1-2,7-8H2. The molecule has 1 heterocycles. The molecular weight excluding hydrogens is 221 g/mol. The molecule has 0 aliphatic carbocycles. The zero-order valence-corrected chi connectivity index (χ0v) is 9.43. The number of benzene rings is 1. The van der Waals surface area contributed by atoms with Gasteiger partial charge in [0.15, 0.2) is 0 Å². The van der Waals surface area contributed by atoms with Gasteiger partial charge in [-0.1, -0.05) is 12.1 Å². The van der Waals surface area contributed by atoms with Crippen LogP contribution in [0.3, 0.4) is 0 Å². The summed E-state index contributed by atoms with van der Waals surface area (Å²) in [6.45, 7) is 0.642. The van der Waals surface area contributed by atoms with Gasteiger partial charge in [0.05, 0.1) is 12.5 Å². The summed E-state index contributed by atoms with van der Waals surface area (Å²) in [6.07, 6.45) is 2.68. The highest BCUT2D eigenvalue weighted by atomic mass is 19.1. The average molecular weight is 235 g/mol. The van der Waals surface area contributed by atoms with Gasteiger partial charge in [0.2, 0.25) is 5.91 Å². The van der Waals surface area contributed by atoms with Gasteiger partial charge >= 0.3 is 0 Å². The van der Waals surface area contributed by atoms with Crippen LogP contribution in [-0.2, 0) is 16.0 Å². The minimum Gasteiger partial charge on any atom is -0.333 e. The Labute approximate surface area is 99.2 Å². The van der Waals surface area contributed by atoms with E-state index in [9.17, 15) is 14.0 Å². The van der Waals surface area contributed by atoms with E-state index in [0.717, 1.165) is 24.7 Å². The van der Waals surface area contributed by atoms with Gasteiger partial charge in [-0.2, -0.15) is 0 Å². The lowest BCUT2D eigenvalue weighted by atomic mass is 10.1. The Morgan fingerprint density at radius 2 is 2.12 bits per heavy atom. The second-order valence-corrected chi connectivity index (χ2v) is 4.24. The van der Waals surface area contributed by atoms with E-state index in [4.69, 9.17) is 0 Å².